The fourth-order valence-corrected chi connectivity index (χ4v) is 2.37. The maximum Gasteiger partial charge on any atom is 0.280 e. The molecule has 1 aromatic carbocycles. The highest BCUT2D eigenvalue weighted by atomic mass is 19.1. The van der Waals surface area contributed by atoms with Gasteiger partial charge in [-0.15, -0.1) is 5.10 Å². The number of carbonyl (C=O) groups excluding carboxylic acids is 1. The summed E-state index contributed by atoms with van der Waals surface area (Å²) in [5, 5.41) is 14.6. The molecule has 2 heterocycles. The summed E-state index contributed by atoms with van der Waals surface area (Å²) < 4.78 is 20.0. The van der Waals surface area contributed by atoms with Crippen molar-refractivity contribution in [2.45, 2.75) is 32.9 Å². The Morgan fingerprint density at radius 1 is 1.40 bits per heavy atom. The first-order valence-electron chi connectivity index (χ1n) is 7.61. The van der Waals surface area contributed by atoms with E-state index in [4.69, 9.17) is 4.52 Å². The van der Waals surface area contributed by atoms with E-state index in [-0.39, 0.29) is 17.6 Å². The van der Waals surface area contributed by atoms with Crippen LogP contribution in [0.4, 0.5) is 4.39 Å². The minimum absolute atomic E-state index is 0.193. The minimum atomic E-state index is -0.773. The van der Waals surface area contributed by atoms with Gasteiger partial charge < -0.3 is 9.84 Å². The van der Waals surface area contributed by atoms with Crippen molar-refractivity contribution in [3.05, 3.63) is 47.7 Å². The third kappa shape index (κ3) is 3.87. The molecule has 0 bridgehead atoms. The molecule has 130 valence electrons. The number of carbonyl (C=O) groups is 1. The molecular formula is C16H17FN6O2. The number of benzene rings is 1. The first kappa shape index (κ1) is 16.7. The highest BCUT2D eigenvalue weighted by molar-refractivity contribution is 5.73. The SMILES string of the molecule is CC(=O)NC(C)(C)c1noc(-c2cn(Cc3cccc(F)c3)nn2)n1. The molecular weight excluding hydrogens is 327 g/mol. The zero-order valence-electron chi connectivity index (χ0n) is 14.0. The summed E-state index contributed by atoms with van der Waals surface area (Å²) in [6, 6.07) is 6.25. The number of aromatic nitrogens is 5. The van der Waals surface area contributed by atoms with Crippen LogP contribution in [0.15, 0.2) is 35.0 Å². The Morgan fingerprint density at radius 3 is 2.92 bits per heavy atom. The summed E-state index contributed by atoms with van der Waals surface area (Å²) in [5.41, 5.74) is 0.383. The van der Waals surface area contributed by atoms with E-state index in [1.807, 2.05) is 0 Å². The summed E-state index contributed by atoms with van der Waals surface area (Å²) in [6.45, 7) is 5.32. The van der Waals surface area contributed by atoms with Crippen molar-refractivity contribution in [3.63, 3.8) is 0 Å². The first-order valence-corrected chi connectivity index (χ1v) is 7.61. The fraction of sp³-hybridized carbons (Fsp3) is 0.312. The molecule has 1 amide bonds. The predicted octanol–water partition coefficient (Wildman–Crippen LogP) is 1.89. The number of halogens is 1. The van der Waals surface area contributed by atoms with Crippen LogP contribution < -0.4 is 5.32 Å². The van der Waals surface area contributed by atoms with E-state index in [2.05, 4.69) is 25.8 Å². The Hall–Kier alpha value is -3.10. The van der Waals surface area contributed by atoms with Crippen molar-refractivity contribution < 1.29 is 13.7 Å². The molecule has 0 saturated carbocycles. The molecule has 0 aliphatic rings. The quantitative estimate of drug-likeness (QED) is 0.759. The summed E-state index contributed by atoms with van der Waals surface area (Å²) >= 11 is 0. The van der Waals surface area contributed by atoms with E-state index >= 15 is 0 Å². The highest BCUT2D eigenvalue weighted by Crippen LogP contribution is 2.21. The number of hydrogen-bond acceptors (Lipinski definition) is 6. The molecule has 0 aliphatic heterocycles. The Balaban J connectivity index is 1.78. The van der Waals surface area contributed by atoms with Gasteiger partial charge in [-0.2, -0.15) is 4.98 Å². The third-order valence-corrected chi connectivity index (χ3v) is 3.46. The molecule has 25 heavy (non-hydrogen) atoms. The number of rotatable bonds is 5. The van der Waals surface area contributed by atoms with Gasteiger partial charge in [-0.05, 0) is 31.5 Å². The van der Waals surface area contributed by atoms with E-state index in [9.17, 15) is 9.18 Å². The van der Waals surface area contributed by atoms with Gasteiger partial charge in [0.25, 0.3) is 5.89 Å². The van der Waals surface area contributed by atoms with Gasteiger partial charge in [-0.1, -0.05) is 22.5 Å². The van der Waals surface area contributed by atoms with Crippen molar-refractivity contribution in [1.82, 2.24) is 30.5 Å². The number of amides is 1. The molecule has 3 rings (SSSR count). The second-order valence-corrected chi connectivity index (χ2v) is 6.16. The topological polar surface area (TPSA) is 98.7 Å². The van der Waals surface area contributed by atoms with Crippen LogP contribution in [-0.2, 0) is 16.9 Å². The third-order valence-electron chi connectivity index (χ3n) is 3.46. The normalized spacial score (nSPS) is 11.5. The zero-order chi connectivity index (χ0) is 18.0. The molecule has 9 heteroatoms. The van der Waals surface area contributed by atoms with E-state index in [0.29, 0.717) is 18.1 Å². The largest absolute Gasteiger partial charge is 0.344 e. The molecule has 0 aliphatic carbocycles. The molecule has 1 N–H and O–H groups in total. The molecule has 0 atom stereocenters. The number of nitrogens with zero attached hydrogens (tertiary/aromatic N) is 5. The van der Waals surface area contributed by atoms with Gasteiger partial charge in [0, 0.05) is 6.92 Å². The van der Waals surface area contributed by atoms with Crippen molar-refractivity contribution in [2.24, 2.45) is 0 Å². The molecule has 0 radical (unpaired) electrons. The molecule has 0 fully saturated rings. The van der Waals surface area contributed by atoms with Gasteiger partial charge >= 0.3 is 0 Å². The van der Waals surface area contributed by atoms with Crippen LogP contribution in [0, 0.1) is 5.82 Å². The second kappa shape index (κ2) is 6.42. The molecule has 3 aromatic rings. The van der Waals surface area contributed by atoms with Crippen LogP contribution in [0.3, 0.4) is 0 Å². The maximum atomic E-state index is 13.2. The van der Waals surface area contributed by atoms with Crippen molar-refractivity contribution >= 4 is 5.91 Å². The standard InChI is InChI=1S/C16H17FN6O2/c1-10(24)19-16(2,3)15-18-14(25-21-15)13-9-23(22-20-13)8-11-5-4-6-12(17)7-11/h4-7,9H,8H2,1-3H3,(H,19,24). The van der Waals surface area contributed by atoms with Gasteiger partial charge in [0.15, 0.2) is 11.5 Å². The van der Waals surface area contributed by atoms with Crippen LogP contribution >= 0.6 is 0 Å². The summed E-state index contributed by atoms with van der Waals surface area (Å²) in [4.78, 5) is 15.5. The van der Waals surface area contributed by atoms with Crippen molar-refractivity contribution in [3.8, 4) is 11.6 Å². The van der Waals surface area contributed by atoms with Crippen LogP contribution in [0.25, 0.3) is 11.6 Å². The Kier molecular flexibility index (Phi) is 4.30. The summed E-state index contributed by atoms with van der Waals surface area (Å²) in [7, 11) is 0. The lowest BCUT2D eigenvalue weighted by atomic mass is 10.1. The van der Waals surface area contributed by atoms with Gasteiger partial charge in [0.2, 0.25) is 5.91 Å². The molecule has 8 nitrogen and oxygen atoms in total. The van der Waals surface area contributed by atoms with Gasteiger partial charge in [0.1, 0.15) is 5.82 Å². The van der Waals surface area contributed by atoms with Crippen molar-refractivity contribution in [2.75, 3.05) is 0 Å². The molecule has 0 saturated heterocycles. The average molecular weight is 344 g/mol. The van der Waals surface area contributed by atoms with Gasteiger partial charge in [-0.25, -0.2) is 9.07 Å². The predicted molar refractivity (Wildman–Crippen MR) is 85.7 cm³/mol. The summed E-state index contributed by atoms with van der Waals surface area (Å²) in [6.07, 6.45) is 1.63. The zero-order valence-corrected chi connectivity index (χ0v) is 14.0. The lowest BCUT2D eigenvalue weighted by molar-refractivity contribution is -0.120. The monoisotopic (exact) mass is 344 g/mol. The highest BCUT2D eigenvalue weighted by Gasteiger charge is 2.28. The molecule has 0 unspecified atom stereocenters. The van der Waals surface area contributed by atoms with E-state index in [0.717, 1.165) is 5.56 Å². The fourth-order valence-electron chi connectivity index (χ4n) is 2.37. The van der Waals surface area contributed by atoms with Crippen LogP contribution in [0.1, 0.15) is 32.2 Å². The Bertz CT molecular complexity index is 901. The maximum absolute atomic E-state index is 13.2. The molecule has 0 spiro atoms. The number of nitrogens with one attached hydrogen (secondary N) is 1. The van der Waals surface area contributed by atoms with Crippen LogP contribution in [0.5, 0.6) is 0 Å². The Labute approximate surface area is 143 Å². The first-order chi connectivity index (χ1) is 11.8. The minimum Gasteiger partial charge on any atom is -0.344 e. The van der Waals surface area contributed by atoms with Gasteiger partial charge in [-0.3, -0.25) is 4.79 Å². The second-order valence-electron chi connectivity index (χ2n) is 6.16. The average Bonchev–Trinajstić information content (AvgIpc) is 3.14. The summed E-state index contributed by atoms with van der Waals surface area (Å²) in [5.74, 6) is 0.0215. The smallest absolute Gasteiger partial charge is 0.280 e. The lowest BCUT2D eigenvalue weighted by Gasteiger charge is -2.20. The Morgan fingerprint density at radius 2 is 2.20 bits per heavy atom. The van der Waals surface area contributed by atoms with E-state index < -0.39 is 5.54 Å². The van der Waals surface area contributed by atoms with E-state index in [1.165, 1.54) is 19.1 Å². The van der Waals surface area contributed by atoms with Gasteiger partial charge in [0.05, 0.1) is 18.3 Å². The van der Waals surface area contributed by atoms with E-state index in [1.54, 1.807) is 36.9 Å². The van der Waals surface area contributed by atoms with Crippen LogP contribution in [-0.4, -0.2) is 31.0 Å². The van der Waals surface area contributed by atoms with Crippen LogP contribution in [0.2, 0.25) is 0 Å². The number of hydrogen-bond donors (Lipinski definition) is 1. The lowest BCUT2D eigenvalue weighted by Crippen LogP contribution is -2.40. The molecule has 2 aromatic heterocycles. The van der Waals surface area contributed by atoms with Crippen molar-refractivity contribution in [1.29, 1.82) is 0 Å².